The van der Waals surface area contributed by atoms with Crippen molar-refractivity contribution in [3.63, 3.8) is 0 Å². The Morgan fingerprint density at radius 3 is 2.41 bits per heavy atom. The molecule has 1 aromatic heterocycles. The summed E-state index contributed by atoms with van der Waals surface area (Å²) in [4.78, 5) is 26.9. The first-order valence-electron chi connectivity index (χ1n) is 10.1. The van der Waals surface area contributed by atoms with Crippen LogP contribution in [0.1, 0.15) is 39.3 Å². The molecule has 0 radical (unpaired) electrons. The van der Waals surface area contributed by atoms with Gasteiger partial charge in [-0.2, -0.15) is 0 Å². The van der Waals surface area contributed by atoms with E-state index >= 15 is 0 Å². The van der Waals surface area contributed by atoms with Crippen molar-refractivity contribution in [1.82, 2.24) is 10.6 Å². The van der Waals surface area contributed by atoms with Crippen molar-refractivity contribution < 1.29 is 19.1 Å². The van der Waals surface area contributed by atoms with Crippen molar-refractivity contribution in [2.75, 3.05) is 14.2 Å². The number of thiophene rings is 1. The van der Waals surface area contributed by atoms with Crippen LogP contribution >= 0.6 is 11.3 Å². The lowest BCUT2D eigenvalue weighted by molar-refractivity contribution is -0.118. The van der Waals surface area contributed by atoms with Gasteiger partial charge >= 0.3 is 0 Å². The van der Waals surface area contributed by atoms with Gasteiger partial charge in [0.05, 0.1) is 20.3 Å². The molecule has 166 valence electrons. The molecule has 0 aliphatic carbocycles. The first kappa shape index (κ1) is 23.1. The standard InChI is InChI=1S/C25H26N2O4S/c1-16-8-5-6-10-20(16)17(2)26-25(29)21(15-19-9-7-13-32-19)27-24(28)18-11-12-22(30-3)23(14-18)31-4/h5-15,17H,1-4H3,(H,26,29)(H,27,28)/b21-15-/t17-/m0/s1. The molecular formula is C25H26N2O4S. The van der Waals surface area contributed by atoms with Crippen molar-refractivity contribution in [3.05, 3.63) is 87.2 Å². The second-order valence-electron chi connectivity index (χ2n) is 7.15. The maximum absolute atomic E-state index is 13.1. The smallest absolute Gasteiger partial charge is 0.268 e. The SMILES string of the molecule is COc1ccc(C(=O)N/C(=C\c2cccs2)C(=O)N[C@@H](C)c2ccccc2C)cc1OC. The molecule has 0 fully saturated rings. The van der Waals surface area contributed by atoms with E-state index in [-0.39, 0.29) is 17.6 Å². The van der Waals surface area contributed by atoms with E-state index in [4.69, 9.17) is 9.47 Å². The normalized spacial score (nSPS) is 12.1. The van der Waals surface area contributed by atoms with Gasteiger partial charge in [0.1, 0.15) is 5.70 Å². The van der Waals surface area contributed by atoms with Gasteiger partial charge in [-0.25, -0.2) is 0 Å². The van der Waals surface area contributed by atoms with E-state index in [1.165, 1.54) is 25.6 Å². The summed E-state index contributed by atoms with van der Waals surface area (Å²) in [5.41, 5.74) is 2.60. The zero-order chi connectivity index (χ0) is 23.1. The summed E-state index contributed by atoms with van der Waals surface area (Å²) in [7, 11) is 3.03. The molecule has 6 nitrogen and oxygen atoms in total. The highest BCUT2D eigenvalue weighted by atomic mass is 32.1. The molecule has 32 heavy (non-hydrogen) atoms. The van der Waals surface area contributed by atoms with Crippen molar-refractivity contribution in [3.8, 4) is 11.5 Å². The van der Waals surface area contributed by atoms with Gasteiger partial charge in [0.2, 0.25) is 0 Å². The van der Waals surface area contributed by atoms with Crippen molar-refractivity contribution in [1.29, 1.82) is 0 Å². The number of hydrogen-bond donors (Lipinski definition) is 2. The lowest BCUT2D eigenvalue weighted by Crippen LogP contribution is -2.36. The van der Waals surface area contributed by atoms with Crippen LogP contribution in [0, 0.1) is 6.92 Å². The molecule has 0 aliphatic heterocycles. The highest BCUT2D eigenvalue weighted by Gasteiger charge is 2.19. The number of ether oxygens (including phenoxy) is 2. The second-order valence-corrected chi connectivity index (χ2v) is 8.13. The summed E-state index contributed by atoms with van der Waals surface area (Å²) in [5, 5.41) is 7.65. The highest BCUT2D eigenvalue weighted by Crippen LogP contribution is 2.27. The number of aryl methyl sites for hydroxylation is 1. The van der Waals surface area contributed by atoms with Gasteiger partial charge < -0.3 is 20.1 Å². The molecule has 0 spiro atoms. The van der Waals surface area contributed by atoms with E-state index in [0.717, 1.165) is 16.0 Å². The number of rotatable bonds is 8. The Labute approximate surface area is 191 Å². The Morgan fingerprint density at radius 1 is 1.00 bits per heavy atom. The van der Waals surface area contributed by atoms with Crippen LogP contribution in [0.25, 0.3) is 6.08 Å². The van der Waals surface area contributed by atoms with E-state index in [9.17, 15) is 9.59 Å². The maximum atomic E-state index is 13.1. The van der Waals surface area contributed by atoms with Gasteiger partial charge in [0.25, 0.3) is 11.8 Å². The van der Waals surface area contributed by atoms with Crippen LogP contribution in [0.2, 0.25) is 0 Å². The van der Waals surface area contributed by atoms with Gasteiger partial charge in [0.15, 0.2) is 11.5 Å². The van der Waals surface area contributed by atoms with Gasteiger partial charge in [-0.05, 0) is 60.7 Å². The number of amides is 2. The molecule has 0 aliphatic rings. The van der Waals surface area contributed by atoms with Crippen LogP contribution < -0.4 is 20.1 Å². The number of nitrogens with one attached hydrogen (secondary N) is 2. The van der Waals surface area contributed by atoms with Crippen LogP contribution in [0.4, 0.5) is 0 Å². The first-order valence-corrected chi connectivity index (χ1v) is 11.0. The minimum atomic E-state index is -0.424. The molecule has 0 unspecified atom stereocenters. The third kappa shape index (κ3) is 5.56. The average molecular weight is 451 g/mol. The molecule has 2 amide bonds. The molecule has 0 bridgehead atoms. The molecule has 7 heteroatoms. The topological polar surface area (TPSA) is 76.7 Å². The van der Waals surface area contributed by atoms with Crippen molar-refractivity contribution in [2.45, 2.75) is 19.9 Å². The van der Waals surface area contributed by atoms with Gasteiger partial charge in [-0.1, -0.05) is 30.3 Å². The van der Waals surface area contributed by atoms with Crippen LogP contribution in [0.15, 0.2) is 65.7 Å². The molecule has 3 rings (SSSR count). The number of benzene rings is 2. The quantitative estimate of drug-likeness (QED) is 0.487. The Bertz CT molecular complexity index is 1120. The summed E-state index contributed by atoms with van der Waals surface area (Å²) in [6, 6.07) is 16.3. The number of hydrogen-bond acceptors (Lipinski definition) is 5. The summed E-state index contributed by atoms with van der Waals surface area (Å²) < 4.78 is 10.5. The zero-order valence-electron chi connectivity index (χ0n) is 18.5. The third-order valence-electron chi connectivity index (χ3n) is 4.97. The molecule has 0 saturated carbocycles. The van der Waals surface area contributed by atoms with E-state index in [0.29, 0.717) is 17.1 Å². The Hall–Kier alpha value is -3.58. The zero-order valence-corrected chi connectivity index (χ0v) is 19.3. The summed E-state index contributed by atoms with van der Waals surface area (Å²) in [6.45, 7) is 3.92. The molecular weight excluding hydrogens is 424 g/mol. The number of methoxy groups -OCH3 is 2. The van der Waals surface area contributed by atoms with Crippen molar-refractivity contribution >= 4 is 29.2 Å². The summed E-state index contributed by atoms with van der Waals surface area (Å²) in [5.74, 6) is 0.153. The fourth-order valence-corrected chi connectivity index (χ4v) is 3.93. The largest absolute Gasteiger partial charge is 0.493 e. The Morgan fingerprint density at radius 2 is 1.75 bits per heavy atom. The fraction of sp³-hybridized carbons (Fsp3) is 0.200. The number of carbonyl (C=O) groups excluding carboxylic acids is 2. The van der Waals surface area contributed by atoms with E-state index < -0.39 is 5.91 Å². The van der Waals surface area contributed by atoms with Crippen LogP contribution in [-0.2, 0) is 4.79 Å². The molecule has 1 heterocycles. The predicted octanol–water partition coefficient (Wildman–Crippen LogP) is 4.72. The van der Waals surface area contributed by atoms with Gasteiger partial charge in [-0.15, -0.1) is 11.3 Å². The molecule has 3 aromatic rings. The van der Waals surface area contributed by atoms with Gasteiger partial charge in [0, 0.05) is 10.4 Å². The Balaban J connectivity index is 1.84. The molecule has 2 N–H and O–H groups in total. The fourth-order valence-electron chi connectivity index (χ4n) is 3.27. The first-order chi connectivity index (χ1) is 15.4. The lowest BCUT2D eigenvalue weighted by atomic mass is 10.0. The van der Waals surface area contributed by atoms with Crippen LogP contribution in [0.3, 0.4) is 0 Å². The maximum Gasteiger partial charge on any atom is 0.268 e. The average Bonchev–Trinajstić information content (AvgIpc) is 3.31. The minimum Gasteiger partial charge on any atom is -0.493 e. The third-order valence-corrected chi connectivity index (χ3v) is 5.79. The molecule has 2 aromatic carbocycles. The van der Waals surface area contributed by atoms with Crippen LogP contribution in [0.5, 0.6) is 11.5 Å². The second kappa shape index (κ2) is 10.6. The van der Waals surface area contributed by atoms with Gasteiger partial charge in [-0.3, -0.25) is 9.59 Å². The molecule has 1 atom stereocenters. The lowest BCUT2D eigenvalue weighted by Gasteiger charge is -2.18. The van der Waals surface area contributed by atoms with E-state index in [1.54, 1.807) is 24.3 Å². The Kier molecular flexibility index (Phi) is 7.68. The van der Waals surface area contributed by atoms with Crippen LogP contribution in [-0.4, -0.2) is 26.0 Å². The minimum absolute atomic E-state index is 0.160. The summed E-state index contributed by atoms with van der Waals surface area (Å²) in [6.07, 6.45) is 1.67. The highest BCUT2D eigenvalue weighted by molar-refractivity contribution is 7.10. The number of carbonyl (C=O) groups is 2. The predicted molar refractivity (Wildman–Crippen MR) is 127 cm³/mol. The van der Waals surface area contributed by atoms with E-state index in [2.05, 4.69) is 10.6 Å². The summed E-state index contributed by atoms with van der Waals surface area (Å²) >= 11 is 1.48. The van der Waals surface area contributed by atoms with E-state index in [1.807, 2.05) is 55.6 Å². The monoisotopic (exact) mass is 450 g/mol. The van der Waals surface area contributed by atoms with Crippen molar-refractivity contribution in [2.24, 2.45) is 0 Å². The molecule has 0 saturated heterocycles.